The van der Waals surface area contributed by atoms with Crippen LogP contribution in [0.2, 0.25) is 0 Å². The molecule has 0 aliphatic heterocycles. The van der Waals surface area contributed by atoms with Crippen molar-refractivity contribution in [2.45, 2.75) is 65.7 Å². The maximum absolute atomic E-state index is 7.97. The van der Waals surface area contributed by atoms with Crippen LogP contribution in [0.25, 0.3) is 49.2 Å². The topological polar surface area (TPSA) is 21.4 Å². The van der Waals surface area contributed by atoms with E-state index in [-0.39, 0.29) is 0 Å². The van der Waals surface area contributed by atoms with Crippen molar-refractivity contribution in [3.05, 3.63) is 94.0 Å². The molecule has 3 aromatic carbocycles. The molecule has 0 radical (unpaired) electrons. The van der Waals surface area contributed by atoms with Gasteiger partial charge in [-0.15, -0.1) is 0 Å². The van der Waals surface area contributed by atoms with E-state index in [2.05, 4.69) is 73.6 Å². The molecule has 3 heteroatoms. The first kappa shape index (κ1) is 24.4. The fourth-order valence-electron chi connectivity index (χ4n) is 6.60. The minimum Gasteiger partial charge on any atom is -0.456 e. The van der Waals surface area contributed by atoms with Gasteiger partial charge >= 0.3 is 0 Å². The average molecular weight is 500 g/mol. The van der Waals surface area contributed by atoms with Gasteiger partial charge in [0, 0.05) is 34.9 Å². The molecule has 1 saturated carbocycles. The van der Waals surface area contributed by atoms with Crippen LogP contribution in [0.1, 0.15) is 66.0 Å². The van der Waals surface area contributed by atoms with E-state index in [4.69, 9.17) is 11.0 Å². The highest BCUT2D eigenvalue weighted by Gasteiger charge is 2.28. The van der Waals surface area contributed by atoms with E-state index < -0.39 is 0 Å². The Morgan fingerprint density at radius 2 is 1.53 bits per heavy atom. The normalized spacial score (nSPS) is 14.3. The zero-order chi connectivity index (χ0) is 26.6. The highest BCUT2D eigenvalue weighted by atomic mass is 16.3. The van der Waals surface area contributed by atoms with Gasteiger partial charge in [-0.05, 0) is 61.8 Å². The fourth-order valence-corrected chi connectivity index (χ4v) is 6.60. The Balaban J connectivity index is 1.69. The van der Waals surface area contributed by atoms with Gasteiger partial charge in [-0.25, -0.2) is 4.85 Å². The van der Waals surface area contributed by atoms with Crippen LogP contribution >= 0.6 is 0 Å². The standard InChI is InChI=1S/C35H35N2O/c1-21-17-18-27-29-19-22(2)33(36-5)32(26-15-11-8-12-16-26)35(29)38-34(27)31(21)30-20-28(23(3)24(4)37(30)6)25-13-9-7-10-14-25/h8,11-12,15-20,25H,7,9-10,13-14H2,1-4,6H3/q+1. The molecule has 190 valence electrons. The molecule has 5 aromatic rings. The Kier molecular flexibility index (Phi) is 6.07. The third-order valence-electron chi connectivity index (χ3n) is 8.91. The monoisotopic (exact) mass is 499 g/mol. The van der Waals surface area contributed by atoms with E-state index in [0.29, 0.717) is 11.6 Å². The lowest BCUT2D eigenvalue weighted by atomic mass is 9.81. The molecular formula is C35H35N2O+. The quantitative estimate of drug-likeness (QED) is 0.179. The van der Waals surface area contributed by atoms with Crippen molar-refractivity contribution in [2.24, 2.45) is 7.05 Å². The number of hydrogen-bond donors (Lipinski definition) is 0. The lowest BCUT2D eigenvalue weighted by Gasteiger charge is -2.24. The van der Waals surface area contributed by atoms with Crippen LogP contribution in [0.4, 0.5) is 5.69 Å². The maximum Gasteiger partial charge on any atom is 0.216 e. The predicted molar refractivity (Wildman–Crippen MR) is 157 cm³/mol. The third kappa shape index (κ3) is 3.74. The predicted octanol–water partition coefficient (Wildman–Crippen LogP) is 9.58. The summed E-state index contributed by atoms with van der Waals surface area (Å²) in [6.07, 6.45) is 6.56. The first-order chi connectivity index (χ1) is 18.4. The van der Waals surface area contributed by atoms with Gasteiger partial charge in [-0.3, -0.25) is 0 Å². The van der Waals surface area contributed by atoms with Crippen molar-refractivity contribution in [1.29, 1.82) is 0 Å². The largest absolute Gasteiger partial charge is 0.456 e. The fraction of sp³-hybridized carbons (Fsp3) is 0.314. The molecule has 0 spiro atoms. The number of benzene rings is 3. The minimum atomic E-state index is 0.631. The number of pyridine rings is 1. The molecule has 38 heavy (non-hydrogen) atoms. The zero-order valence-corrected chi connectivity index (χ0v) is 23.1. The van der Waals surface area contributed by atoms with Crippen molar-refractivity contribution < 1.29 is 8.98 Å². The summed E-state index contributed by atoms with van der Waals surface area (Å²) in [6.45, 7) is 16.7. The van der Waals surface area contributed by atoms with Gasteiger partial charge < -0.3 is 4.42 Å². The molecule has 0 amide bonds. The van der Waals surface area contributed by atoms with Crippen LogP contribution < -0.4 is 4.57 Å². The van der Waals surface area contributed by atoms with Gasteiger partial charge in [0.05, 0.1) is 12.1 Å². The Morgan fingerprint density at radius 3 is 2.24 bits per heavy atom. The number of rotatable bonds is 3. The van der Waals surface area contributed by atoms with Crippen LogP contribution in [0.5, 0.6) is 0 Å². The molecule has 3 nitrogen and oxygen atoms in total. The first-order valence-corrected chi connectivity index (χ1v) is 13.8. The van der Waals surface area contributed by atoms with Gasteiger partial charge in [-0.2, -0.15) is 4.57 Å². The Labute approximate surface area is 225 Å². The summed E-state index contributed by atoms with van der Waals surface area (Å²) in [5.74, 6) is 0.631. The summed E-state index contributed by atoms with van der Waals surface area (Å²) in [5.41, 5.74) is 13.1. The van der Waals surface area contributed by atoms with Crippen molar-refractivity contribution >= 4 is 27.6 Å². The van der Waals surface area contributed by atoms with Gasteiger partial charge in [0.25, 0.3) is 0 Å². The van der Waals surface area contributed by atoms with Crippen LogP contribution in [0, 0.1) is 34.3 Å². The van der Waals surface area contributed by atoms with Crippen molar-refractivity contribution in [3.8, 4) is 22.4 Å². The number of aryl methyl sites for hydroxylation is 2. The van der Waals surface area contributed by atoms with Crippen LogP contribution in [-0.4, -0.2) is 0 Å². The maximum atomic E-state index is 7.97. The second kappa shape index (κ2) is 9.44. The third-order valence-corrected chi connectivity index (χ3v) is 8.91. The highest BCUT2D eigenvalue weighted by molar-refractivity contribution is 6.15. The molecule has 0 N–H and O–H groups in total. The second-order valence-corrected chi connectivity index (χ2v) is 11.1. The van der Waals surface area contributed by atoms with E-state index in [9.17, 15) is 0 Å². The van der Waals surface area contributed by atoms with Gasteiger partial charge in [-0.1, -0.05) is 67.8 Å². The van der Waals surface area contributed by atoms with E-state index in [1.165, 1.54) is 60.2 Å². The molecular weight excluding hydrogens is 464 g/mol. The lowest BCUT2D eigenvalue weighted by Crippen LogP contribution is -2.36. The molecule has 0 atom stereocenters. The molecule has 2 heterocycles. The average Bonchev–Trinajstić information content (AvgIpc) is 3.30. The SMILES string of the molecule is [C-]#[N+]c1c(C)cc2c(oc3c(-c4cc(C5CCCCC5)c(C)c(C)[n+]4C)c(C)ccc32)c1-c1ccccc1. The van der Waals surface area contributed by atoms with Crippen molar-refractivity contribution in [1.82, 2.24) is 0 Å². The molecule has 6 rings (SSSR count). The number of fused-ring (bicyclic) bond motifs is 3. The van der Waals surface area contributed by atoms with E-state index in [0.717, 1.165) is 44.2 Å². The molecule has 0 bridgehead atoms. The summed E-state index contributed by atoms with van der Waals surface area (Å²) in [5, 5.41) is 2.18. The Bertz CT molecular complexity index is 1750. The number of furan rings is 1. The van der Waals surface area contributed by atoms with E-state index >= 15 is 0 Å². The number of nitrogens with zero attached hydrogens (tertiary/aromatic N) is 2. The summed E-state index contributed by atoms with van der Waals surface area (Å²) < 4.78 is 9.19. The molecule has 0 unspecified atom stereocenters. The summed E-state index contributed by atoms with van der Waals surface area (Å²) >= 11 is 0. The van der Waals surface area contributed by atoms with Crippen molar-refractivity contribution in [2.75, 3.05) is 0 Å². The van der Waals surface area contributed by atoms with Crippen LogP contribution in [0.3, 0.4) is 0 Å². The minimum absolute atomic E-state index is 0.631. The molecule has 1 aliphatic carbocycles. The van der Waals surface area contributed by atoms with Crippen LogP contribution in [0.15, 0.2) is 59.0 Å². The summed E-state index contributed by atoms with van der Waals surface area (Å²) in [4.78, 5) is 3.95. The molecule has 1 aliphatic rings. The highest BCUT2D eigenvalue weighted by Crippen LogP contribution is 2.46. The molecule has 1 fully saturated rings. The zero-order valence-electron chi connectivity index (χ0n) is 23.1. The molecule has 2 aromatic heterocycles. The van der Waals surface area contributed by atoms with E-state index in [1.807, 2.05) is 25.1 Å². The Morgan fingerprint density at radius 1 is 0.816 bits per heavy atom. The van der Waals surface area contributed by atoms with Crippen molar-refractivity contribution in [3.63, 3.8) is 0 Å². The Hall–Kier alpha value is -3.90. The first-order valence-electron chi connectivity index (χ1n) is 13.8. The summed E-state index contributed by atoms with van der Waals surface area (Å²) in [7, 11) is 2.18. The number of hydrogen-bond acceptors (Lipinski definition) is 1. The molecule has 0 saturated heterocycles. The van der Waals surface area contributed by atoms with Gasteiger partial charge in [0.15, 0.2) is 5.69 Å². The van der Waals surface area contributed by atoms with E-state index in [1.54, 1.807) is 0 Å². The lowest BCUT2D eigenvalue weighted by molar-refractivity contribution is -0.667. The van der Waals surface area contributed by atoms with Gasteiger partial charge in [0.2, 0.25) is 11.4 Å². The number of aromatic nitrogens is 1. The van der Waals surface area contributed by atoms with Gasteiger partial charge in [0.1, 0.15) is 18.2 Å². The smallest absolute Gasteiger partial charge is 0.216 e. The summed E-state index contributed by atoms with van der Waals surface area (Å²) in [6, 6.07) is 19.2. The second-order valence-electron chi connectivity index (χ2n) is 11.1. The van der Waals surface area contributed by atoms with Crippen LogP contribution in [-0.2, 0) is 7.05 Å².